The minimum atomic E-state index is 0. The topological polar surface area (TPSA) is 0 Å². The zero-order valence-corrected chi connectivity index (χ0v) is 23.6. The quantitative estimate of drug-likeness (QED) is 0.126. The van der Waals surface area contributed by atoms with Gasteiger partial charge in [-0.05, 0) is 37.7 Å². The molecular weight excluding hydrogens is 454 g/mol. The molecule has 0 saturated carbocycles. The van der Waals surface area contributed by atoms with E-state index in [9.17, 15) is 0 Å². The van der Waals surface area contributed by atoms with Crippen LogP contribution >= 0.6 is 0 Å². The van der Waals surface area contributed by atoms with E-state index in [0.717, 1.165) is 0 Å². The summed E-state index contributed by atoms with van der Waals surface area (Å²) in [6.45, 7) is 12.6. The summed E-state index contributed by atoms with van der Waals surface area (Å²) in [6, 6.07) is 11.1. The van der Waals surface area contributed by atoms with Crippen LogP contribution in [0.4, 0.5) is 0 Å². The Morgan fingerprint density at radius 2 is 0.906 bits per heavy atom. The van der Waals surface area contributed by atoms with E-state index in [1.54, 1.807) is 0 Å². The normalized spacial score (nSPS) is 11.5. The molecule has 0 bridgehead atoms. The summed E-state index contributed by atoms with van der Waals surface area (Å²) in [6.07, 6.45) is 24.1. The van der Waals surface area contributed by atoms with Gasteiger partial charge in [-0.1, -0.05) is 122 Å². The van der Waals surface area contributed by atoms with Crippen LogP contribution in [0.1, 0.15) is 129 Å². The first-order valence-electron chi connectivity index (χ1n) is 14.2. The van der Waals surface area contributed by atoms with Gasteiger partial charge in [0.2, 0.25) is 0 Å². The Kier molecular flexibility index (Phi) is 22.2. The molecule has 0 unspecified atom stereocenters. The highest BCUT2D eigenvalue weighted by Gasteiger charge is 2.24. The minimum Gasteiger partial charge on any atom is -1.00 e. The van der Waals surface area contributed by atoms with Gasteiger partial charge in [0, 0.05) is 6.42 Å². The van der Waals surface area contributed by atoms with Gasteiger partial charge < -0.3 is 21.5 Å². The fourth-order valence-electron chi connectivity index (χ4n) is 5.35. The van der Waals surface area contributed by atoms with Crippen LogP contribution in [0.25, 0.3) is 0 Å². The number of quaternary nitrogens is 1. The number of aryl methyl sites for hydroxylation is 1. The summed E-state index contributed by atoms with van der Waals surface area (Å²) >= 11 is 0. The lowest BCUT2D eigenvalue weighted by atomic mass is 10.0. The van der Waals surface area contributed by atoms with Crippen LogP contribution in [-0.4, -0.2) is 30.7 Å². The summed E-state index contributed by atoms with van der Waals surface area (Å²) in [5.74, 6) is 0. The number of unbranched alkanes of at least 4 members (excludes halogenated alkanes) is 12. The summed E-state index contributed by atoms with van der Waals surface area (Å²) in [7, 11) is 0. The Morgan fingerprint density at radius 1 is 0.469 bits per heavy atom. The van der Waals surface area contributed by atoms with Crippen molar-refractivity contribution >= 4 is 0 Å². The largest absolute Gasteiger partial charge is 1.00 e. The molecule has 0 heterocycles. The van der Waals surface area contributed by atoms with E-state index in [-0.39, 0.29) is 17.0 Å². The number of rotatable bonds is 22. The first-order chi connectivity index (χ1) is 15.3. The molecule has 0 aliphatic carbocycles. The maximum atomic E-state index is 2.38. The molecule has 0 fully saturated rings. The summed E-state index contributed by atoms with van der Waals surface area (Å²) in [5, 5.41) is 0. The van der Waals surface area contributed by atoms with Gasteiger partial charge in [-0.3, -0.25) is 0 Å². The SMILES string of the molecule is CCCCCCCCCCCCCCC[N+](CCC)(CCC)CCCc1ccccc1.[Br-]. The third kappa shape index (κ3) is 16.3. The minimum absolute atomic E-state index is 0. The zero-order valence-electron chi connectivity index (χ0n) is 22.1. The van der Waals surface area contributed by atoms with E-state index in [2.05, 4.69) is 51.1 Å². The highest BCUT2D eigenvalue weighted by Crippen LogP contribution is 2.18. The van der Waals surface area contributed by atoms with Gasteiger partial charge in [-0.15, -0.1) is 0 Å². The molecule has 0 radical (unpaired) electrons. The summed E-state index contributed by atoms with van der Waals surface area (Å²) < 4.78 is 1.37. The second-order valence-electron chi connectivity index (χ2n) is 10.1. The molecule has 0 N–H and O–H groups in total. The van der Waals surface area contributed by atoms with E-state index in [0.29, 0.717) is 0 Å². The van der Waals surface area contributed by atoms with E-state index >= 15 is 0 Å². The fraction of sp³-hybridized carbons (Fsp3) is 0.800. The van der Waals surface area contributed by atoms with Crippen molar-refractivity contribution in [2.24, 2.45) is 0 Å². The molecule has 0 spiro atoms. The Hall–Kier alpha value is -0.340. The third-order valence-corrected chi connectivity index (χ3v) is 7.07. The number of nitrogens with zero attached hydrogens (tertiary/aromatic N) is 1. The van der Waals surface area contributed by atoms with Crippen molar-refractivity contribution in [2.45, 2.75) is 130 Å². The Labute approximate surface area is 213 Å². The van der Waals surface area contributed by atoms with Crippen LogP contribution in [-0.2, 0) is 6.42 Å². The second kappa shape index (κ2) is 22.5. The molecule has 0 amide bonds. The maximum Gasteiger partial charge on any atom is 0.0789 e. The van der Waals surface area contributed by atoms with Crippen molar-refractivity contribution in [3.05, 3.63) is 35.9 Å². The lowest BCUT2D eigenvalue weighted by Gasteiger charge is -2.39. The number of hydrogen-bond donors (Lipinski definition) is 0. The highest BCUT2D eigenvalue weighted by atomic mass is 79.9. The van der Waals surface area contributed by atoms with Crippen molar-refractivity contribution in [3.8, 4) is 0 Å². The van der Waals surface area contributed by atoms with E-state index in [4.69, 9.17) is 0 Å². The number of hydrogen-bond acceptors (Lipinski definition) is 0. The monoisotopic (exact) mass is 509 g/mol. The van der Waals surface area contributed by atoms with Crippen molar-refractivity contribution in [3.63, 3.8) is 0 Å². The summed E-state index contributed by atoms with van der Waals surface area (Å²) in [5.41, 5.74) is 1.51. The lowest BCUT2D eigenvalue weighted by molar-refractivity contribution is -0.928. The predicted molar refractivity (Wildman–Crippen MR) is 141 cm³/mol. The van der Waals surface area contributed by atoms with Gasteiger partial charge in [-0.2, -0.15) is 0 Å². The van der Waals surface area contributed by atoms with Crippen LogP contribution in [0.5, 0.6) is 0 Å². The number of halogens is 1. The smallest absolute Gasteiger partial charge is 0.0789 e. The third-order valence-electron chi connectivity index (χ3n) is 7.07. The van der Waals surface area contributed by atoms with E-state index in [1.165, 1.54) is 145 Å². The molecular formula is C30H56BrN. The second-order valence-corrected chi connectivity index (χ2v) is 10.1. The molecule has 1 rings (SSSR count). The average Bonchev–Trinajstić information content (AvgIpc) is 2.78. The molecule has 0 aromatic heterocycles. The maximum absolute atomic E-state index is 2.38. The van der Waals surface area contributed by atoms with Crippen LogP contribution < -0.4 is 17.0 Å². The Bertz CT molecular complexity index is 481. The van der Waals surface area contributed by atoms with Crippen molar-refractivity contribution < 1.29 is 21.5 Å². The summed E-state index contributed by atoms with van der Waals surface area (Å²) in [4.78, 5) is 0. The Balaban J connectivity index is 0.00000961. The first-order valence-corrected chi connectivity index (χ1v) is 14.2. The molecule has 0 aliphatic rings. The molecule has 1 aromatic carbocycles. The van der Waals surface area contributed by atoms with Gasteiger partial charge in [0.25, 0.3) is 0 Å². The molecule has 1 nitrogen and oxygen atoms in total. The fourth-order valence-corrected chi connectivity index (χ4v) is 5.35. The van der Waals surface area contributed by atoms with Crippen molar-refractivity contribution in [2.75, 3.05) is 26.2 Å². The lowest BCUT2D eigenvalue weighted by Crippen LogP contribution is -3.00. The number of benzene rings is 1. The molecule has 0 saturated heterocycles. The van der Waals surface area contributed by atoms with Gasteiger partial charge in [0.1, 0.15) is 0 Å². The Morgan fingerprint density at radius 3 is 1.38 bits per heavy atom. The molecule has 1 aromatic rings. The zero-order chi connectivity index (χ0) is 22.5. The van der Waals surface area contributed by atoms with Crippen LogP contribution in [0.15, 0.2) is 30.3 Å². The van der Waals surface area contributed by atoms with Gasteiger partial charge in [0.05, 0.1) is 26.2 Å². The first kappa shape index (κ1) is 31.7. The molecule has 188 valence electrons. The van der Waals surface area contributed by atoms with Gasteiger partial charge in [0.15, 0.2) is 0 Å². The van der Waals surface area contributed by atoms with E-state index in [1.807, 2.05) is 0 Å². The van der Waals surface area contributed by atoms with Crippen LogP contribution in [0.3, 0.4) is 0 Å². The molecule has 32 heavy (non-hydrogen) atoms. The van der Waals surface area contributed by atoms with Crippen molar-refractivity contribution in [1.82, 2.24) is 0 Å². The molecule has 0 atom stereocenters. The van der Waals surface area contributed by atoms with Gasteiger partial charge >= 0.3 is 0 Å². The highest BCUT2D eigenvalue weighted by molar-refractivity contribution is 5.14. The molecule has 2 heteroatoms. The van der Waals surface area contributed by atoms with Crippen molar-refractivity contribution in [1.29, 1.82) is 0 Å². The predicted octanol–water partition coefficient (Wildman–Crippen LogP) is 6.35. The van der Waals surface area contributed by atoms with Crippen LogP contribution in [0, 0.1) is 0 Å². The van der Waals surface area contributed by atoms with Gasteiger partial charge in [-0.25, -0.2) is 0 Å². The van der Waals surface area contributed by atoms with Crippen LogP contribution in [0.2, 0.25) is 0 Å². The van der Waals surface area contributed by atoms with E-state index < -0.39 is 0 Å². The standard InChI is InChI=1S/C30H56N.BrH/c1-4-7-8-9-10-11-12-13-14-15-16-17-21-28-31(26-5-2,27-6-3)29-22-25-30-23-19-18-20-24-30;/h18-20,23-24H,4-17,21-22,25-29H2,1-3H3;1H/q+1;/p-1. The average molecular weight is 511 g/mol. The molecule has 0 aliphatic heterocycles.